The number of hydrogen-bond donors (Lipinski definition) is 0. The molecule has 8 aromatic rings. The standard InChI is InChI=1S/C49H47BN2O2/c1-47(2,3)28-18-21-37-32(24-28)33-25-29(48(4,5)6)19-22-38(33)52(37)39-27-35-46(45-43(39)31-14-11-12-15-36(31)51(45)10)54-42-17-13-16-41-44(42)50(35)34-26-30(49(7,8)9)20-23-40(34)53-41/h11-27H,1-10H3. The number of hydrogen-bond acceptors (Lipinski definition) is 2. The molecule has 2 aliphatic rings. The lowest BCUT2D eigenvalue weighted by Crippen LogP contribution is -2.57. The van der Waals surface area contributed by atoms with Crippen LogP contribution in [0.4, 0.5) is 0 Å². The molecule has 0 radical (unpaired) electrons. The van der Waals surface area contributed by atoms with Crippen LogP contribution in [0.2, 0.25) is 0 Å². The largest absolute Gasteiger partial charge is 0.458 e. The van der Waals surface area contributed by atoms with E-state index in [4.69, 9.17) is 9.47 Å². The van der Waals surface area contributed by atoms with Gasteiger partial charge < -0.3 is 18.6 Å². The van der Waals surface area contributed by atoms with Crippen LogP contribution in [0.15, 0.2) is 103 Å². The molecule has 0 saturated heterocycles. The number of nitrogens with zero attached hydrogens (tertiary/aromatic N) is 2. The van der Waals surface area contributed by atoms with E-state index in [-0.39, 0.29) is 23.0 Å². The fourth-order valence-electron chi connectivity index (χ4n) is 9.08. The molecule has 2 aliphatic heterocycles. The second kappa shape index (κ2) is 10.8. The van der Waals surface area contributed by atoms with E-state index in [0.717, 1.165) is 45.1 Å². The number of aryl methyl sites for hydroxylation is 1. The van der Waals surface area contributed by atoms with Crippen molar-refractivity contribution in [1.82, 2.24) is 9.13 Å². The number of fused-ring (bicyclic) bond motifs is 11. The molecule has 0 aliphatic carbocycles. The Morgan fingerprint density at radius 3 is 1.70 bits per heavy atom. The van der Waals surface area contributed by atoms with Crippen LogP contribution in [-0.4, -0.2) is 15.8 Å². The predicted octanol–water partition coefficient (Wildman–Crippen LogP) is 11.0. The van der Waals surface area contributed by atoms with Gasteiger partial charge in [0.05, 0.1) is 22.2 Å². The minimum absolute atomic E-state index is 0.0176. The molecule has 0 fully saturated rings. The second-order valence-electron chi connectivity index (χ2n) is 18.7. The Balaban J connectivity index is 1.38. The molecule has 0 spiro atoms. The third-order valence-electron chi connectivity index (χ3n) is 12.1. The molecule has 4 nitrogen and oxygen atoms in total. The molecule has 0 saturated carbocycles. The van der Waals surface area contributed by atoms with Crippen LogP contribution >= 0.6 is 0 Å². The molecule has 10 rings (SSSR count). The lowest BCUT2D eigenvalue weighted by molar-refractivity contribution is 0.465. The average Bonchev–Trinajstić information content (AvgIpc) is 3.61. The van der Waals surface area contributed by atoms with Crippen LogP contribution in [0.25, 0.3) is 49.3 Å². The van der Waals surface area contributed by atoms with Gasteiger partial charge in [0, 0.05) is 39.6 Å². The number of ether oxygens (including phenoxy) is 2. The topological polar surface area (TPSA) is 28.3 Å². The summed E-state index contributed by atoms with van der Waals surface area (Å²) in [5, 5.41) is 4.97. The highest BCUT2D eigenvalue weighted by atomic mass is 16.5. The highest BCUT2D eigenvalue weighted by molar-refractivity contribution is 6.98. The summed E-state index contributed by atoms with van der Waals surface area (Å²) >= 11 is 0. The number of benzene rings is 6. The van der Waals surface area contributed by atoms with Gasteiger partial charge in [0.25, 0.3) is 6.71 Å². The Kier molecular flexibility index (Phi) is 6.66. The zero-order valence-electron chi connectivity index (χ0n) is 33.1. The van der Waals surface area contributed by atoms with E-state index in [1.807, 2.05) is 6.07 Å². The molecule has 268 valence electrons. The fraction of sp³-hybridized carbons (Fsp3) is 0.265. The Morgan fingerprint density at radius 1 is 0.500 bits per heavy atom. The zero-order chi connectivity index (χ0) is 37.6. The SMILES string of the molecule is Cn1c2ccccc2c2c(-n3c4ccc(C(C)(C)C)cc4c4cc(C(C)(C)C)ccc43)cc3c(c21)Oc1cccc2c1B3c1cc(C(C)(C)C)ccc1O2. The van der Waals surface area contributed by atoms with Gasteiger partial charge in [-0.1, -0.05) is 111 Å². The molecule has 5 heteroatoms. The second-order valence-corrected chi connectivity index (χ2v) is 18.7. The summed E-state index contributed by atoms with van der Waals surface area (Å²) < 4.78 is 18.7. The van der Waals surface area contributed by atoms with Crippen molar-refractivity contribution < 1.29 is 9.47 Å². The highest BCUT2D eigenvalue weighted by Gasteiger charge is 2.42. The number of aromatic nitrogens is 2. The average molecular weight is 707 g/mol. The van der Waals surface area contributed by atoms with E-state index in [9.17, 15) is 0 Å². The summed E-state index contributed by atoms with van der Waals surface area (Å²) in [5.74, 6) is 3.55. The molecule has 0 unspecified atom stereocenters. The van der Waals surface area contributed by atoms with Gasteiger partial charge >= 0.3 is 0 Å². The first kappa shape index (κ1) is 33.2. The first-order valence-corrected chi connectivity index (χ1v) is 19.4. The number of para-hydroxylation sites is 1. The van der Waals surface area contributed by atoms with Crippen LogP contribution in [0.5, 0.6) is 23.0 Å². The first-order valence-electron chi connectivity index (χ1n) is 19.4. The van der Waals surface area contributed by atoms with Gasteiger partial charge in [-0.25, -0.2) is 0 Å². The minimum atomic E-state index is -0.0692. The summed E-state index contributed by atoms with van der Waals surface area (Å²) in [4.78, 5) is 0. The number of rotatable bonds is 1. The molecule has 0 N–H and O–H groups in total. The van der Waals surface area contributed by atoms with E-state index < -0.39 is 0 Å². The Morgan fingerprint density at radius 2 is 1.07 bits per heavy atom. The Bertz CT molecular complexity index is 2830. The smallest absolute Gasteiger partial charge is 0.260 e. The maximum Gasteiger partial charge on any atom is 0.260 e. The third-order valence-corrected chi connectivity index (χ3v) is 12.1. The van der Waals surface area contributed by atoms with Crippen LogP contribution < -0.4 is 25.9 Å². The Labute approximate surface area is 318 Å². The van der Waals surface area contributed by atoms with E-state index >= 15 is 0 Å². The first-order chi connectivity index (χ1) is 25.6. The summed E-state index contributed by atoms with van der Waals surface area (Å²) in [5.41, 5.74) is 13.3. The predicted molar refractivity (Wildman–Crippen MR) is 229 cm³/mol. The van der Waals surface area contributed by atoms with Crippen molar-refractivity contribution in [1.29, 1.82) is 0 Å². The van der Waals surface area contributed by atoms with Crippen LogP contribution in [0, 0.1) is 0 Å². The normalized spacial score (nSPS) is 14.0. The van der Waals surface area contributed by atoms with Crippen molar-refractivity contribution >= 4 is 66.7 Å². The summed E-state index contributed by atoms with van der Waals surface area (Å²) in [6.07, 6.45) is 0. The molecule has 4 heterocycles. The lowest BCUT2D eigenvalue weighted by Gasteiger charge is -2.34. The summed E-state index contributed by atoms with van der Waals surface area (Å²) in [6, 6.07) is 38.5. The lowest BCUT2D eigenvalue weighted by atomic mass is 9.34. The van der Waals surface area contributed by atoms with Gasteiger partial charge in [0.15, 0.2) is 0 Å². The van der Waals surface area contributed by atoms with Crippen molar-refractivity contribution in [2.24, 2.45) is 7.05 Å². The minimum Gasteiger partial charge on any atom is -0.458 e. The van der Waals surface area contributed by atoms with Gasteiger partial charge in [-0.05, 0) is 98.5 Å². The van der Waals surface area contributed by atoms with Gasteiger partial charge in [-0.15, -0.1) is 0 Å². The van der Waals surface area contributed by atoms with E-state index in [1.54, 1.807) is 0 Å². The van der Waals surface area contributed by atoms with Crippen LogP contribution in [0.3, 0.4) is 0 Å². The molecular weight excluding hydrogens is 659 g/mol. The van der Waals surface area contributed by atoms with Crippen molar-refractivity contribution in [2.45, 2.75) is 78.6 Å². The maximum atomic E-state index is 7.10. The molecule has 0 atom stereocenters. The molecular formula is C49H47BN2O2. The molecule has 54 heavy (non-hydrogen) atoms. The monoisotopic (exact) mass is 706 g/mol. The maximum absolute atomic E-state index is 7.10. The summed E-state index contributed by atoms with van der Waals surface area (Å²) in [7, 11) is 2.19. The van der Waals surface area contributed by atoms with Crippen LogP contribution in [-0.2, 0) is 23.3 Å². The zero-order valence-corrected chi connectivity index (χ0v) is 33.1. The van der Waals surface area contributed by atoms with Crippen molar-refractivity contribution in [2.75, 3.05) is 0 Å². The van der Waals surface area contributed by atoms with Crippen molar-refractivity contribution in [3.8, 4) is 28.7 Å². The van der Waals surface area contributed by atoms with E-state index in [1.165, 1.54) is 60.2 Å². The van der Waals surface area contributed by atoms with Crippen molar-refractivity contribution in [3.05, 3.63) is 120 Å². The molecule has 2 aromatic heterocycles. The van der Waals surface area contributed by atoms with Crippen molar-refractivity contribution in [3.63, 3.8) is 0 Å². The van der Waals surface area contributed by atoms with Gasteiger partial charge in [-0.2, -0.15) is 0 Å². The van der Waals surface area contributed by atoms with E-state index in [2.05, 4.69) is 176 Å². The third kappa shape index (κ3) is 4.63. The van der Waals surface area contributed by atoms with Gasteiger partial charge in [0.1, 0.15) is 23.0 Å². The van der Waals surface area contributed by atoms with E-state index in [0.29, 0.717) is 0 Å². The molecule has 0 bridgehead atoms. The quantitative estimate of drug-likeness (QED) is 0.159. The molecule has 6 aromatic carbocycles. The summed E-state index contributed by atoms with van der Waals surface area (Å²) in [6.45, 7) is 20.6. The van der Waals surface area contributed by atoms with Gasteiger partial charge in [-0.3, -0.25) is 0 Å². The van der Waals surface area contributed by atoms with Gasteiger partial charge in [0.2, 0.25) is 0 Å². The highest BCUT2D eigenvalue weighted by Crippen LogP contribution is 2.46. The van der Waals surface area contributed by atoms with Crippen LogP contribution in [0.1, 0.15) is 79.0 Å². The molecule has 0 amide bonds. The Hall–Kier alpha value is -5.42. The fourth-order valence-corrected chi connectivity index (χ4v) is 9.08.